The fourth-order valence-electron chi connectivity index (χ4n) is 3.62. The fraction of sp³-hybridized carbons (Fsp3) is 0.286. The van der Waals surface area contributed by atoms with Crippen molar-refractivity contribution in [2.75, 3.05) is 13.1 Å². The molecule has 0 unspecified atom stereocenters. The topological polar surface area (TPSA) is 130 Å². The number of benzene rings is 1. The number of hydrogen-bond donors (Lipinski definition) is 3. The highest BCUT2D eigenvalue weighted by atomic mass is 16.2. The van der Waals surface area contributed by atoms with Crippen molar-refractivity contribution in [1.82, 2.24) is 25.9 Å². The van der Waals surface area contributed by atoms with Crippen LogP contribution >= 0.6 is 0 Å². The normalized spacial score (nSPS) is 11.4. The van der Waals surface area contributed by atoms with Gasteiger partial charge in [0.25, 0.3) is 5.91 Å². The van der Waals surface area contributed by atoms with E-state index < -0.39 is 17.9 Å². The maximum absolute atomic E-state index is 12.7. The number of nitrogens with zero attached hydrogens (tertiary/aromatic N) is 2. The summed E-state index contributed by atoms with van der Waals surface area (Å²) in [5.41, 5.74) is 2.70. The molecule has 0 saturated carbocycles. The van der Waals surface area contributed by atoms with Gasteiger partial charge in [-0.3, -0.25) is 29.1 Å². The van der Waals surface area contributed by atoms with E-state index >= 15 is 0 Å². The number of rotatable bonds is 12. The molecule has 1 atom stereocenters. The van der Waals surface area contributed by atoms with Crippen molar-refractivity contribution in [2.45, 2.75) is 32.7 Å². The molecule has 3 aromatic rings. The molecule has 3 rings (SSSR count). The summed E-state index contributed by atoms with van der Waals surface area (Å²) >= 11 is 0. The Hall–Kier alpha value is -4.40. The average Bonchev–Trinajstić information content (AvgIpc) is 2.91. The number of aromatic nitrogens is 2. The number of amides is 3. The Morgan fingerprint density at radius 3 is 2.24 bits per heavy atom. The Balaban J connectivity index is 1.46. The highest BCUT2D eigenvalue weighted by Gasteiger charge is 2.23. The van der Waals surface area contributed by atoms with Crippen LogP contribution in [0.1, 0.15) is 36.3 Å². The van der Waals surface area contributed by atoms with Gasteiger partial charge >= 0.3 is 0 Å². The summed E-state index contributed by atoms with van der Waals surface area (Å²) in [7, 11) is 0. The first-order valence-corrected chi connectivity index (χ1v) is 12.1. The monoisotopic (exact) mass is 501 g/mol. The molecule has 192 valence electrons. The number of nitrogens with one attached hydrogen (secondary N) is 3. The average molecular weight is 502 g/mol. The quantitative estimate of drug-likeness (QED) is 0.349. The molecular weight excluding hydrogens is 470 g/mol. The van der Waals surface area contributed by atoms with Crippen molar-refractivity contribution in [2.24, 2.45) is 5.92 Å². The lowest BCUT2D eigenvalue weighted by Gasteiger charge is -2.20. The zero-order valence-corrected chi connectivity index (χ0v) is 20.9. The van der Waals surface area contributed by atoms with Crippen LogP contribution in [0.15, 0.2) is 73.1 Å². The maximum atomic E-state index is 12.7. The molecule has 2 aromatic heterocycles. The van der Waals surface area contributed by atoms with E-state index in [1.807, 2.05) is 56.3 Å². The van der Waals surface area contributed by atoms with Gasteiger partial charge in [-0.25, -0.2) is 0 Å². The number of hydrogen-bond acceptors (Lipinski definition) is 6. The third-order valence-corrected chi connectivity index (χ3v) is 5.42. The highest BCUT2D eigenvalue weighted by molar-refractivity contribution is 5.97. The lowest BCUT2D eigenvalue weighted by Crippen LogP contribution is -2.49. The first kappa shape index (κ1) is 27.2. The van der Waals surface area contributed by atoms with E-state index in [-0.39, 0.29) is 42.8 Å². The van der Waals surface area contributed by atoms with E-state index in [0.717, 1.165) is 16.8 Å². The molecule has 3 N–H and O–H groups in total. The van der Waals surface area contributed by atoms with Crippen LogP contribution in [-0.2, 0) is 20.8 Å². The van der Waals surface area contributed by atoms with Crippen LogP contribution in [0.4, 0.5) is 0 Å². The van der Waals surface area contributed by atoms with Crippen molar-refractivity contribution >= 4 is 23.5 Å². The van der Waals surface area contributed by atoms with Crippen LogP contribution in [0.3, 0.4) is 0 Å². The van der Waals surface area contributed by atoms with Gasteiger partial charge in [0.15, 0.2) is 5.78 Å². The second-order valence-corrected chi connectivity index (χ2v) is 9.00. The number of carbonyl (C=O) groups excluding carboxylic acids is 4. The molecule has 0 aliphatic carbocycles. The van der Waals surface area contributed by atoms with Gasteiger partial charge in [-0.2, -0.15) is 0 Å². The third kappa shape index (κ3) is 8.96. The zero-order valence-electron chi connectivity index (χ0n) is 20.9. The van der Waals surface area contributed by atoms with Crippen molar-refractivity contribution in [3.05, 3.63) is 84.3 Å². The van der Waals surface area contributed by atoms with E-state index in [1.54, 1.807) is 24.4 Å². The molecule has 0 aliphatic rings. The van der Waals surface area contributed by atoms with E-state index in [0.29, 0.717) is 6.42 Å². The predicted octanol–water partition coefficient (Wildman–Crippen LogP) is 2.33. The third-order valence-electron chi connectivity index (χ3n) is 5.42. The van der Waals surface area contributed by atoms with Crippen molar-refractivity contribution in [1.29, 1.82) is 0 Å². The molecular formula is C28H31N5O4. The molecule has 1 aromatic carbocycles. The van der Waals surface area contributed by atoms with Crippen LogP contribution in [0, 0.1) is 5.92 Å². The predicted molar refractivity (Wildman–Crippen MR) is 139 cm³/mol. The van der Waals surface area contributed by atoms with Gasteiger partial charge in [-0.05, 0) is 48.2 Å². The smallest absolute Gasteiger partial charge is 0.270 e. The van der Waals surface area contributed by atoms with Gasteiger partial charge in [0.05, 0.1) is 25.2 Å². The first-order valence-electron chi connectivity index (χ1n) is 12.1. The summed E-state index contributed by atoms with van der Waals surface area (Å²) in [5, 5.41) is 7.84. The molecule has 9 nitrogen and oxygen atoms in total. The summed E-state index contributed by atoms with van der Waals surface area (Å²) in [5.74, 6) is -1.47. The van der Waals surface area contributed by atoms with Crippen molar-refractivity contribution in [3.63, 3.8) is 0 Å². The van der Waals surface area contributed by atoms with Crippen LogP contribution in [0.25, 0.3) is 11.3 Å². The largest absolute Gasteiger partial charge is 0.349 e. The molecule has 0 radical (unpaired) electrons. The minimum absolute atomic E-state index is 0.107. The molecule has 0 saturated heterocycles. The van der Waals surface area contributed by atoms with Gasteiger partial charge in [0.1, 0.15) is 11.7 Å². The Morgan fingerprint density at radius 2 is 1.57 bits per heavy atom. The minimum atomic E-state index is -0.816. The van der Waals surface area contributed by atoms with Gasteiger partial charge in [-0.1, -0.05) is 44.2 Å². The molecule has 0 spiro atoms. The minimum Gasteiger partial charge on any atom is -0.349 e. The fourth-order valence-corrected chi connectivity index (χ4v) is 3.62. The maximum Gasteiger partial charge on any atom is 0.270 e. The van der Waals surface area contributed by atoms with Crippen LogP contribution in [-0.4, -0.2) is 52.6 Å². The summed E-state index contributed by atoms with van der Waals surface area (Å²) in [6.45, 7) is 3.39. The first-order chi connectivity index (χ1) is 17.8. The molecule has 3 amide bonds. The molecule has 0 aliphatic heterocycles. The Kier molecular flexibility index (Phi) is 10.0. The molecule has 0 bridgehead atoms. The van der Waals surface area contributed by atoms with Crippen LogP contribution < -0.4 is 16.0 Å². The van der Waals surface area contributed by atoms with Gasteiger partial charge < -0.3 is 16.0 Å². The Bertz CT molecular complexity index is 1220. The number of ketones is 1. The summed E-state index contributed by atoms with van der Waals surface area (Å²) < 4.78 is 0. The number of pyridine rings is 2. The van der Waals surface area contributed by atoms with Gasteiger partial charge in [0, 0.05) is 18.0 Å². The zero-order chi connectivity index (χ0) is 26.6. The highest BCUT2D eigenvalue weighted by Crippen LogP contribution is 2.18. The van der Waals surface area contributed by atoms with Gasteiger partial charge in [-0.15, -0.1) is 0 Å². The van der Waals surface area contributed by atoms with Crippen LogP contribution in [0.2, 0.25) is 0 Å². The van der Waals surface area contributed by atoms with Crippen LogP contribution in [0.5, 0.6) is 0 Å². The molecule has 0 fully saturated rings. The number of carbonyl (C=O) groups is 4. The molecule has 37 heavy (non-hydrogen) atoms. The molecule has 9 heteroatoms. The summed E-state index contributed by atoms with van der Waals surface area (Å²) in [6.07, 6.45) is 3.71. The lowest BCUT2D eigenvalue weighted by molar-refractivity contribution is -0.127. The standard InChI is InChI=1S/C28H31N5O4/c1-19(2)14-25(33-28(37)24-11-4-6-13-30-24)27(36)32-18-22(34)17-31-26(35)16-20-8-7-9-21(15-20)23-10-3-5-12-29-23/h3-13,15,19,25H,14,16-18H2,1-2H3,(H,31,35)(H,32,36)(H,33,37)/t25-/m0/s1. The van der Waals surface area contributed by atoms with E-state index in [9.17, 15) is 19.2 Å². The van der Waals surface area contributed by atoms with Gasteiger partial charge in [0.2, 0.25) is 11.8 Å². The SMILES string of the molecule is CC(C)C[C@H](NC(=O)c1ccccn1)C(=O)NCC(=O)CNC(=O)Cc1cccc(-c2ccccn2)c1. The van der Waals surface area contributed by atoms with E-state index in [4.69, 9.17) is 0 Å². The Morgan fingerprint density at radius 1 is 0.838 bits per heavy atom. The van der Waals surface area contributed by atoms with E-state index in [2.05, 4.69) is 25.9 Å². The second kappa shape index (κ2) is 13.6. The van der Waals surface area contributed by atoms with E-state index in [1.165, 1.54) is 6.20 Å². The lowest BCUT2D eigenvalue weighted by atomic mass is 10.0. The molecule has 2 heterocycles. The number of Topliss-reactive ketones (excluding diaryl/α,β-unsaturated/α-hetero) is 1. The van der Waals surface area contributed by atoms with Crippen molar-refractivity contribution < 1.29 is 19.2 Å². The van der Waals surface area contributed by atoms with Crippen molar-refractivity contribution in [3.8, 4) is 11.3 Å². The Labute approximate surface area is 216 Å². The second-order valence-electron chi connectivity index (χ2n) is 9.00. The summed E-state index contributed by atoms with van der Waals surface area (Å²) in [6, 6.07) is 17.2. The summed E-state index contributed by atoms with van der Waals surface area (Å²) in [4.78, 5) is 58.1.